The van der Waals surface area contributed by atoms with E-state index in [4.69, 9.17) is 10.00 Å². The molecule has 1 amide bonds. The van der Waals surface area contributed by atoms with Gasteiger partial charge in [0.25, 0.3) is 0 Å². The first kappa shape index (κ1) is 21.6. The van der Waals surface area contributed by atoms with Crippen molar-refractivity contribution in [3.05, 3.63) is 53.1 Å². The lowest BCUT2D eigenvalue weighted by Gasteiger charge is -2.33. The first-order valence-corrected chi connectivity index (χ1v) is 11.2. The smallest absolute Gasteiger partial charge is 0.234 e. The number of hydrogen-bond donors (Lipinski definition) is 1. The van der Waals surface area contributed by atoms with E-state index in [0.717, 1.165) is 48.6 Å². The molecule has 3 atom stereocenters. The largest absolute Gasteiger partial charge is 0.493 e. The third-order valence-corrected chi connectivity index (χ3v) is 6.28. The van der Waals surface area contributed by atoms with E-state index in [-0.39, 0.29) is 18.4 Å². The Morgan fingerprint density at radius 1 is 1.42 bits per heavy atom. The maximum atomic E-state index is 14.9. The van der Waals surface area contributed by atoms with Crippen LogP contribution in [0.2, 0.25) is 0 Å². The van der Waals surface area contributed by atoms with Crippen LogP contribution in [0.25, 0.3) is 0 Å². The highest BCUT2D eigenvalue weighted by molar-refractivity contribution is 5.78. The van der Waals surface area contributed by atoms with Crippen LogP contribution >= 0.6 is 0 Å². The summed E-state index contributed by atoms with van der Waals surface area (Å²) in [6, 6.07) is 7.61. The normalized spacial score (nSPS) is 24.0. The Morgan fingerprint density at radius 3 is 2.97 bits per heavy atom. The van der Waals surface area contributed by atoms with E-state index in [1.807, 2.05) is 37.3 Å². The molecule has 1 fully saturated rings. The highest BCUT2D eigenvalue weighted by atomic mass is 19.1. The van der Waals surface area contributed by atoms with Gasteiger partial charge in [-0.3, -0.25) is 9.69 Å². The molecule has 6 heteroatoms. The summed E-state index contributed by atoms with van der Waals surface area (Å²) in [5, 5.41) is 11.4. The number of carbonyl (C=O) groups is 1. The summed E-state index contributed by atoms with van der Waals surface area (Å²) in [6.45, 7) is 4.62. The quantitative estimate of drug-likeness (QED) is 0.680. The van der Waals surface area contributed by atoms with Crippen molar-refractivity contribution in [3.63, 3.8) is 0 Å². The predicted octanol–water partition coefficient (Wildman–Crippen LogP) is 4.22. The first-order chi connectivity index (χ1) is 15.0. The van der Waals surface area contributed by atoms with Crippen molar-refractivity contribution >= 4 is 5.91 Å². The molecule has 0 radical (unpaired) electrons. The number of ether oxygens (including phenoxy) is 1. The minimum atomic E-state index is -0.998. The number of carbonyl (C=O) groups excluding carboxylic acids is 1. The molecule has 1 aliphatic heterocycles. The summed E-state index contributed by atoms with van der Waals surface area (Å²) in [7, 11) is 0. The average molecular weight is 424 g/mol. The standard InChI is InChI=1S/C25H30FN3O2/c1-17(28-25(30)10-11-27)20-6-4-18(5-7-20)13-29-14-21-8-9-22(31-16-19-2-3-19)12-23(21)24(26)15-29/h4,6-9,12,17-19,24H,2-3,5,10,13-16H2,1H3,(H,28,30)/t17-,18?,24-/m0/s1. The molecular weight excluding hydrogens is 393 g/mol. The minimum Gasteiger partial charge on any atom is -0.493 e. The molecule has 0 aromatic heterocycles. The summed E-state index contributed by atoms with van der Waals surface area (Å²) >= 11 is 0. The molecule has 1 unspecified atom stereocenters. The fraction of sp³-hybridized carbons (Fsp3) is 0.520. The fourth-order valence-electron chi connectivity index (χ4n) is 4.28. The Kier molecular flexibility index (Phi) is 6.72. The van der Waals surface area contributed by atoms with E-state index in [1.54, 1.807) is 0 Å². The summed E-state index contributed by atoms with van der Waals surface area (Å²) in [6.07, 6.45) is 8.55. The van der Waals surface area contributed by atoms with Crippen molar-refractivity contribution in [1.82, 2.24) is 10.2 Å². The predicted molar refractivity (Wildman–Crippen MR) is 117 cm³/mol. The van der Waals surface area contributed by atoms with E-state index < -0.39 is 6.17 Å². The average Bonchev–Trinajstić information content (AvgIpc) is 3.58. The number of hydrogen-bond acceptors (Lipinski definition) is 4. The van der Waals surface area contributed by atoms with Crippen LogP contribution in [0.3, 0.4) is 0 Å². The molecule has 2 aliphatic carbocycles. The molecule has 4 rings (SSSR count). The fourth-order valence-corrected chi connectivity index (χ4v) is 4.28. The number of allylic oxidation sites excluding steroid dienone is 1. The van der Waals surface area contributed by atoms with Crippen molar-refractivity contribution in [3.8, 4) is 11.8 Å². The number of fused-ring (bicyclic) bond motifs is 1. The molecule has 1 heterocycles. The monoisotopic (exact) mass is 423 g/mol. The summed E-state index contributed by atoms with van der Waals surface area (Å²) < 4.78 is 20.8. The van der Waals surface area contributed by atoms with Crippen LogP contribution in [0.4, 0.5) is 4.39 Å². The van der Waals surface area contributed by atoms with Gasteiger partial charge in [-0.2, -0.15) is 5.26 Å². The van der Waals surface area contributed by atoms with Gasteiger partial charge >= 0.3 is 0 Å². The van der Waals surface area contributed by atoms with Gasteiger partial charge in [0, 0.05) is 19.6 Å². The highest BCUT2D eigenvalue weighted by Crippen LogP contribution is 2.34. The Balaban J connectivity index is 1.29. The van der Waals surface area contributed by atoms with Gasteiger partial charge in [-0.05, 0) is 66.9 Å². The Morgan fingerprint density at radius 2 is 2.26 bits per heavy atom. The van der Waals surface area contributed by atoms with Gasteiger partial charge in [-0.25, -0.2) is 4.39 Å². The summed E-state index contributed by atoms with van der Waals surface area (Å²) in [5.41, 5.74) is 2.86. The Labute approximate surface area is 183 Å². The summed E-state index contributed by atoms with van der Waals surface area (Å²) in [4.78, 5) is 13.8. The van der Waals surface area contributed by atoms with Crippen molar-refractivity contribution < 1.29 is 13.9 Å². The second-order valence-corrected chi connectivity index (χ2v) is 8.96. The molecule has 1 aromatic rings. The third kappa shape index (κ3) is 5.74. The van der Waals surface area contributed by atoms with Crippen LogP contribution < -0.4 is 10.1 Å². The maximum absolute atomic E-state index is 14.9. The molecule has 0 spiro atoms. The lowest BCUT2D eigenvalue weighted by atomic mass is 9.91. The second-order valence-electron chi connectivity index (χ2n) is 8.96. The molecule has 1 N–H and O–H groups in total. The van der Waals surface area contributed by atoms with Crippen LogP contribution in [-0.2, 0) is 11.3 Å². The van der Waals surface area contributed by atoms with E-state index >= 15 is 0 Å². The topological polar surface area (TPSA) is 65.4 Å². The third-order valence-electron chi connectivity index (χ3n) is 6.28. The molecule has 3 aliphatic rings. The SMILES string of the molecule is C[C@H](NC(=O)CC#N)C1=CCC(CN2Cc3ccc(OCC4CC4)cc3[C@@H](F)C2)C=C1. The number of alkyl halides is 1. The number of nitrogens with one attached hydrogen (secondary N) is 1. The van der Waals surface area contributed by atoms with Gasteiger partial charge < -0.3 is 10.1 Å². The van der Waals surface area contributed by atoms with Gasteiger partial charge in [0.15, 0.2) is 0 Å². The Hall–Kier alpha value is -2.65. The van der Waals surface area contributed by atoms with Crippen molar-refractivity contribution in [2.45, 2.75) is 51.4 Å². The van der Waals surface area contributed by atoms with Crippen molar-refractivity contribution in [2.75, 3.05) is 19.7 Å². The van der Waals surface area contributed by atoms with E-state index in [1.165, 1.54) is 12.8 Å². The number of benzene rings is 1. The van der Waals surface area contributed by atoms with Crippen LogP contribution in [0.1, 0.15) is 49.9 Å². The van der Waals surface area contributed by atoms with Crippen LogP contribution in [0.15, 0.2) is 42.0 Å². The number of rotatable bonds is 8. The van der Waals surface area contributed by atoms with Crippen LogP contribution in [-0.4, -0.2) is 36.5 Å². The van der Waals surface area contributed by atoms with Crippen LogP contribution in [0, 0.1) is 23.2 Å². The second kappa shape index (κ2) is 9.65. The van der Waals surface area contributed by atoms with Crippen molar-refractivity contribution in [1.29, 1.82) is 5.26 Å². The lowest BCUT2D eigenvalue weighted by Crippen LogP contribution is -2.36. The van der Waals surface area contributed by atoms with E-state index in [0.29, 0.717) is 18.4 Å². The van der Waals surface area contributed by atoms with Gasteiger partial charge in [-0.1, -0.05) is 24.3 Å². The number of nitriles is 1. The summed E-state index contributed by atoms with van der Waals surface area (Å²) in [5.74, 6) is 1.53. The number of nitrogens with zero attached hydrogens (tertiary/aromatic N) is 2. The zero-order valence-electron chi connectivity index (χ0n) is 18.0. The molecule has 1 saturated carbocycles. The molecule has 0 saturated heterocycles. The molecule has 164 valence electrons. The van der Waals surface area contributed by atoms with Gasteiger partial charge in [0.1, 0.15) is 18.3 Å². The minimum absolute atomic E-state index is 0.119. The first-order valence-electron chi connectivity index (χ1n) is 11.2. The van der Waals surface area contributed by atoms with Crippen LogP contribution in [0.5, 0.6) is 5.75 Å². The number of amides is 1. The maximum Gasteiger partial charge on any atom is 0.234 e. The van der Waals surface area contributed by atoms with Gasteiger partial charge in [-0.15, -0.1) is 0 Å². The molecule has 5 nitrogen and oxygen atoms in total. The molecule has 31 heavy (non-hydrogen) atoms. The molecule has 1 aromatic carbocycles. The number of halogens is 1. The van der Waals surface area contributed by atoms with Gasteiger partial charge in [0.05, 0.1) is 18.7 Å². The zero-order chi connectivity index (χ0) is 21.8. The molecule has 0 bridgehead atoms. The highest BCUT2D eigenvalue weighted by Gasteiger charge is 2.28. The van der Waals surface area contributed by atoms with Gasteiger partial charge in [0.2, 0.25) is 5.91 Å². The van der Waals surface area contributed by atoms with Crippen molar-refractivity contribution in [2.24, 2.45) is 11.8 Å². The zero-order valence-corrected chi connectivity index (χ0v) is 18.0. The van der Waals surface area contributed by atoms with E-state index in [9.17, 15) is 9.18 Å². The Bertz CT molecular complexity index is 916. The molecular formula is C25H30FN3O2. The lowest BCUT2D eigenvalue weighted by molar-refractivity contribution is -0.120. The van der Waals surface area contributed by atoms with E-state index in [2.05, 4.69) is 22.4 Å².